The molecule has 1 fully saturated rings. The first kappa shape index (κ1) is 17.9. The molecule has 0 spiro atoms. The van der Waals surface area contributed by atoms with Crippen LogP contribution in [0.4, 0.5) is 13.2 Å². The van der Waals surface area contributed by atoms with Crippen LogP contribution in [-0.4, -0.2) is 13.5 Å². The van der Waals surface area contributed by atoms with Gasteiger partial charge in [-0.25, -0.2) is 0 Å². The van der Waals surface area contributed by atoms with Crippen molar-refractivity contribution in [3.05, 3.63) is 23.8 Å². The van der Waals surface area contributed by atoms with Gasteiger partial charge in [0.1, 0.15) is 11.5 Å². The summed E-state index contributed by atoms with van der Waals surface area (Å²) in [7, 11) is 1.41. The molecule has 2 rings (SSSR count). The molecular formula is C14H19ClF3NO2. The van der Waals surface area contributed by atoms with Crippen molar-refractivity contribution in [3.63, 3.8) is 0 Å². The molecule has 7 heteroatoms. The average molecular weight is 326 g/mol. The molecule has 0 unspecified atom stereocenters. The smallest absolute Gasteiger partial charge is 0.496 e. The van der Waals surface area contributed by atoms with Gasteiger partial charge in [0.2, 0.25) is 0 Å². The molecule has 0 aliphatic heterocycles. The summed E-state index contributed by atoms with van der Waals surface area (Å²) in [6.45, 7) is 0. The lowest BCUT2D eigenvalue weighted by atomic mass is 9.92. The maximum atomic E-state index is 12.2. The van der Waals surface area contributed by atoms with Crippen molar-refractivity contribution in [1.29, 1.82) is 0 Å². The van der Waals surface area contributed by atoms with Crippen molar-refractivity contribution in [1.82, 2.24) is 0 Å². The summed E-state index contributed by atoms with van der Waals surface area (Å²) in [5.74, 6) is 0.404. The highest BCUT2D eigenvalue weighted by atomic mass is 35.5. The van der Waals surface area contributed by atoms with Gasteiger partial charge in [-0.3, -0.25) is 0 Å². The number of hydrogen-bond acceptors (Lipinski definition) is 3. The number of methoxy groups -OCH3 is 1. The van der Waals surface area contributed by atoms with E-state index in [1.807, 2.05) is 0 Å². The second-order valence-corrected chi connectivity index (χ2v) is 5.02. The van der Waals surface area contributed by atoms with Crippen LogP contribution in [0.2, 0.25) is 0 Å². The van der Waals surface area contributed by atoms with Crippen LogP contribution in [0.25, 0.3) is 0 Å². The van der Waals surface area contributed by atoms with Gasteiger partial charge in [-0.1, -0.05) is 18.9 Å². The average Bonchev–Trinajstić information content (AvgIpc) is 2.89. The first-order chi connectivity index (χ1) is 9.40. The van der Waals surface area contributed by atoms with E-state index in [-0.39, 0.29) is 24.2 Å². The molecular weight excluding hydrogens is 307 g/mol. The van der Waals surface area contributed by atoms with Gasteiger partial charge in [0.25, 0.3) is 0 Å². The fourth-order valence-corrected chi connectivity index (χ4v) is 2.73. The SMILES string of the molecule is COc1cc(OC(F)(F)F)ccc1[C@@H](N)C1CCCC1.Cl. The maximum absolute atomic E-state index is 12.2. The van der Waals surface area contributed by atoms with E-state index in [9.17, 15) is 13.2 Å². The molecule has 1 aromatic carbocycles. The lowest BCUT2D eigenvalue weighted by Crippen LogP contribution is -2.20. The fourth-order valence-electron chi connectivity index (χ4n) is 2.73. The Balaban J connectivity index is 0.00000220. The highest BCUT2D eigenvalue weighted by molar-refractivity contribution is 5.85. The van der Waals surface area contributed by atoms with Gasteiger partial charge in [-0.2, -0.15) is 0 Å². The Kier molecular flexibility index (Phi) is 6.16. The highest BCUT2D eigenvalue weighted by Gasteiger charge is 2.32. The molecule has 120 valence electrons. The van der Waals surface area contributed by atoms with Gasteiger partial charge >= 0.3 is 6.36 Å². The second kappa shape index (κ2) is 7.22. The van der Waals surface area contributed by atoms with E-state index >= 15 is 0 Å². The zero-order valence-electron chi connectivity index (χ0n) is 11.7. The van der Waals surface area contributed by atoms with Gasteiger partial charge < -0.3 is 15.2 Å². The van der Waals surface area contributed by atoms with Crippen LogP contribution in [0.15, 0.2) is 18.2 Å². The Morgan fingerprint density at radius 2 is 1.86 bits per heavy atom. The van der Waals surface area contributed by atoms with Crippen molar-refractivity contribution in [2.24, 2.45) is 11.7 Å². The number of nitrogens with two attached hydrogens (primary N) is 1. The number of halogens is 4. The van der Waals surface area contributed by atoms with E-state index < -0.39 is 6.36 Å². The van der Waals surface area contributed by atoms with Gasteiger partial charge in [-0.15, -0.1) is 25.6 Å². The van der Waals surface area contributed by atoms with E-state index in [0.29, 0.717) is 11.7 Å². The Morgan fingerprint density at radius 1 is 1.24 bits per heavy atom. The topological polar surface area (TPSA) is 44.5 Å². The molecule has 0 heterocycles. The quantitative estimate of drug-likeness (QED) is 0.902. The van der Waals surface area contributed by atoms with E-state index in [0.717, 1.165) is 31.2 Å². The Hall–Kier alpha value is -1.14. The van der Waals surface area contributed by atoms with Gasteiger partial charge in [0.05, 0.1) is 7.11 Å². The number of hydrogen-bond donors (Lipinski definition) is 1. The van der Waals surface area contributed by atoms with Crippen molar-refractivity contribution in [3.8, 4) is 11.5 Å². The first-order valence-corrected chi connectivity index (χ1v) is 6.60. The minimum absolute atomic E-state index is 0. The lowest BCUT2D eigenvalue weighted by molar-refractivity contribution is -0.274. The van der Waals surface area contributed by atoms with Crippen LogP contribution < -0.4 is 15.2 Å². The molecule has 1 aliphatic rings. The van der Waals surface area contributed by atoms with Gasteiger partial charge in [0.15, 0.2) is 0 Å². The molecule has 0 aromatic heterocycles. The standard InChI is InChI=1S/C14H18F3NO2.ClH/c1-19-12-8-10(20-14(15,16)17)6-7-11(12)13(18)9-4-2-3-5-9;/h6-9,13H,2-5,18H2,1H3;1H/t13-;/m0./s1. The molecule has 0 amide bonds. The van der Waals surface area contributed by atoms with Crippen LogP contribution >= 0.6 is 12.4 Å². The van der Waals surface area contributed by atoms with Gasteiger partial charge in [0, 0.05) is 17.7 Å². The minimum Gasteiger partial charge on any atom is -0.496 e. The molecule has 3 nitrogen and oxygen atoms in total. The summed E-state index contributed by atoms with van der Waals surface area (Å²) >= 11 is 0. The first-order valence-electron chi connectivity index (χ1n) is 6.60. The summed E-state index contributed by atoms with van der Waals surface area (Å²) in [5, 5.41) is 0. The predicted octanol–water partition coefficient (Wildman–Crippen LogP) is 4.21. The number of benzene rings is 1. The molecule has 2 N–H and O–H groups in total. The van der Waals surface area contributed by atoms with E-state index in [1.54, 1.807) is 6.07 Å². The van der Waals surface area contributed by atoms with Crippen LogP contribution in [0.3, 0.4) is 0 Å². The Morgan fingerprint density at radius 3 is 2.38 bits per heavy atom. The third-order valence-corrected chi connectivity index (χ3v) is 3.71. The van der Waals surface area contributed by atoms with Crippen molar-refractivity contribution < 1.29 is 22.6 Å². The summed E-state index contributed by atoms with van der Waals surface area (Å²) in [6, 6.07) is 3.85. The van der Waals surface area contributed by atoms with Crippen LogP contribution in [0.5, 0.6) is 11.5 Å². The molecule has 0 bridgehead atoms. The van der Waals surface area contributed by atoms with Gasteiger partial charge in [-0.05, 0) is 24.8 Å². The van der Waals surface area contributed by atoms with Crippen molar-refractivity contribution >= 4 is 12.4 Å². The molecule has 1 aliphatic carbocycles. The molecule has 0 saturated heterocycles. The normalized spacial score (nSPS) is 17.2. The molecule has 1 aromatic rings. The Bertz CT molecular complexity index is 462. The fraction of sp³-hybridized carbons (Fsp3) is 0.571. The third kappa shape index (κ3) is 4.68. The van der Waals surface area contributed by atoms with Crippen molar-refractivity contribution in [2.75, 3.05) is 7.11 Å². The zero-order valence-corrected chi connectivity index (χ0v) is 12.5. The summed E-state index contributed by atoms with van der Waals surface area (Å²) in [4.78, 5) is 0. The lowest BCUT2D eigenvalue weighted by Gasteiger charge is -2.22. The highest BCUT2D eigenvalue weighted by Crippen LogP contribution is 2.39. The van der Waals surface area contributed by atoms with Crippen LogP contribution in [0.1, 0.15) is 37.3 Å². The number of alkyl halides is 3. The van der Waals surface area contributed by atoms with E-state index in [1.165, 1.54) is 19.2 Å². The zero-order chi connectivity index (χ0) is 14.8. The predicted molar refractivity (Wildman–Crippen MR) is 75.8 cm³/mol. The number of rotatable bonds is 4. The Labute approximate surface area is 128 Å². The second-order valence-electron chi connectivity index (χ2n) is 5.02. The maximum Gasteiger partial charge on any atom is 0.573 e. The van der Waals surface area contributed by atoms with E-state index in [4.69, 9.17) is 10.5 Å². The number of ether oxygens (including phenoxy) is 2. The van der Waals surface area contributed by atoms with E-state index in [2.05, 4.69) is 4.74 Å². The minimum atomic E-state index is -4.71. The summed E-state index contributed by atoms with van der Waals surface area (Å²) in [6.07, 6.45) is -0.317. The summed E-state index contributed by atoms with van der Waals surface area (Å²) < 4.78 is 45.6. The molecule has 0 radical (unpaired) electrons. The monoisotopic (exact) mass is 325 g/mol. The third-order valence-electron chi connectivity index (χ3n) is 3.71. The van der Waals surface area contributed by atoms with Crippen LogP contribution in [-0.2, 0) is 0 Å². The largest absolute Gasteiger partial charge is 0.573 e. The molecule has 21 heavy (non-hydrogen) atoms. The summed E-state index contributed by atoms with van der Waals surface area (Å²) in [5.41, 5.74) is 6.94. The van der Waals surface area contributed by atoms with Crippen molar-refractivity contribution in [2.45, 2.75) is 38.1 Å². The van der Waals surface area contributed by atoms with Crippen LogP contribution in [0, 0.1) is 5.92 Å². The molecule has 1 atom stereocenters. The molecule has 1 saturated carbocycles.